The molecule has 18 heavy (non-hydrogen) atoms. The Kier molecular flexibility index (Phi) is 4.59. The minimum atomic E-state index is -0.293. The average Bonchev–Trinajstić information content (AvgIpc) is 2.26. The van der Waals surface area contributed by atoms with Gasteiger partial charge in [0.2, 0.25) is 0 Å². The van der Waals surface area contributed by atoms with Crippen LogP contribution in [0.15, 0.2) is 12.1 Å². The van der Waals surface area contributed by atoms with Crippen LogP contribution < -0.4 is 20.9 Å². The maximum Gasteiger partial charge on any atom is 0.161 e. The van der Waals surface area contributed by atoms with Crippen molar-refractivity contribution >= 4 is 0 Å². The van der Waals surface area contributed by atoms with Gasteiger partial charge in [-0.2, -0.15) is 0 Å². The van der Waals surface area contributed by atoms with Gasteiger partial charge in [0.1, 0.15) is 0 Å². The standard InChI is InChI=1S/C14H24N2O2/c1-9-6-12(17-4)13(18-5)7-10(9)11(15)8-14(2,3)16/h6-7,11H,8,15-16H2,1-5H3. The van der Waals surface area contributed by atoms with Crippen molar-refractivity contribution in [3.05, 3.63) is 23.3 Å². The van der Waals surface area contributed by atoms with E-state index < -0.39 is 0 Å². The van der Waals surface area contributed by atoms with E-state index in [1.807, 2.05) is 32.9 Å². The Morgan fingerprint density at radius 2 is 1.67 bits per heavy atom. The van der Waals surface area contributed by atoms with Gasteiger partial charge in [0.25, 0.3) is 0 Å². The van der Waals surface area contributed by atoms with Gasteiger partial charge in [0, 0.05) is 11.6 Å². The van der Waals surface area contributed by atoms with Crippen molar-refractivity contribution in [3.63, 3.8) is 0 Å². The van der Waals surface area contributed by atoms with Gasteiger partial charge >= 0.3 is 0 Å². The fraction of sp³-hybridized carbons (Fsp3) is 0.571. The summed E-state index contributed by atoms with van der Waals surface area (Å²) in [6.45, 7) is 5.96. The lowest BCUT2D eigenvalue weighted by molar-refractivity contribution is 0.353. The molecule has 1 aromatic carbocycles. The van der Waals surface area contributed by atoms with Crippen molar-refractivity contribution in [2.45, 2.75) is 38.8 Å². The molecule has 0 heterocycles. The fourth-order valence-corrected chi connectivity index (χ4v) is 2.07. The third kappa shape index (κ3) is 3.62. The second kappa shape index (κ2) is 5.59. The Hall–Kier alpha value is -1.26. The molecule has 1 rings (SSSR count). The summed E-state index contributed by atoms with van der Waals surface area (Å²) in [6.07, 6.45) is 0.712. The van der Waals surface area contributed by atoms with Crippen molar-refractivity contribution in [2.24, 2.45) is 11.5 Å². The highest BCUT2D eigenvalue weighted by Gasteiger charge is 2.20. The van der Waals surface area contributed by atoms with E-state index >= 15 is 0 Å². The summed E-state index contributed by atoms with van der Waals surface area (Å²) in [5, 5.41) is 0. The predicted molar refractivity (Wildman–Crippen MR) is 74.1 cm³/mol. The molecule has 1 aromatic rings. The largest absolute Gasteiger partial charge is 0.493 e. The van der Waals surface area contributed by atoms with E-state index in [-0.39, 0.29) is 11.6 Å². The molecule has 0 bridgehead atoms. The molecular weight excluding hydrogens is 228 g/mol. The Labute approximate surface area is 109 Å². The summed E-state index contributed by atoms with van der Waals surface area (Å²) >= 11 is 0. The van der Waals surface area contributed by atoms with Crippen LogP contribution in [0.4, 0.5) is 0 Å². The number of ether oxygens (including phenoxy) is 2. The highest BCUT2D eigenvalue weighted by atomic mass is 16.5. The molecule has 0 fully saturated rings. The molecule has 1 atom stereocenters. The zero-order valence-corrected chi connectivity index (χ0v) is 11.9. The van der Waals surface area contributed by atoms with Crippen LogP contribution in [0.3, 0.4) is 0 Å². The third-order valence-corrected chi connectivity index (χ3v) is 2.92. The maximum absolute atomic E-state index is 6.22. The smallest absolute Gasteiger partial charge is 0.161 e. The van der Waals surface area contributed by atoms with E-state index in [1.165, 1.54) is 0 Å². The first kappa shape index (κ1) is 14.8. The second-order valence-corrected chi connectivity index (χ2v) is 5.36. The summed E-state index contributed by atoms with van der Waals surface area (Å²) in [4.78, 5) is 0. The molecule has 0 aliphatic rings. The minimum Gasteiger partial charge on any atom is -0.493 e. The van der Waals surface area contributed by atoms with Crippen molar-refractivity contribution < 1.29 is 9.47 Å². The van der Waals surface area contributed by atoms with Gasteiger partial charge in [-0.05, 0) is 50.5 Å². The molecular formula is C14H24N2O2. The van der Waals surface area contributed by atoms with Crippen molar-refractivity contribution in [1.29, 1.82) is 0 Å². The molecule has 0 aliphatic carbocycles. The number of methoxy groups -OCH3 is 2. The van der Waals surface area contributed by atoms with Crippen LogP contribution in [0.2, 0.25) is 0 Å². The van der Waals surface area contributed by atoms with Crippen LogP contribution in [0.5, 0.6) is 11.5 Å². The van der Waals surface area contributed by atoms with Gasteiger partial charge in [-0.15, -0.1) is 0 Å². The predicted octanol–water partition coefficient (Wildman–Crippen LogP) is 2.14. The molecule has 4 heteroatoms. The van der Waals surface area contributed by atoms with Gasteiger partial charge < -0.3 is 20.9 Å². The Morgan fingerprint density at radius 1 is 1.17 bits per heavy atom. The molecule has 0 aliphatic heterocycles. The van der Waals surface area contributed by atoms with Gasteiger partial charge in [0.05, 0.1) is 14.2 Å². The van der Waals surface area contributed by atoms with E-state index in [9.17, 15) is 0 Å². The Morgan fingerprint density at radius 3 is 2.11 bits per heavy atom. The SMILES string of the molecule is COc1cc(C)c(C(N)CC(C)(C)N)cc1OC. The highest BCUT2D eigenvalue weighted by molar-refractivity contribution is 5.48. The van der Waals surface area contributed by atoms with E-state index in [4.69, 9.17) is 20.9 Å². The Balaban J connectivity index is 3.09. The number of nitrogens with two attached hydrogens (primary N) is 2. The van der Waals surface area contributed by atoms with E-state index in [0.29, 0.717) is 12.2 Å². The summed E-state index contributed by atoms with van der Waals surface area (Å²) in [6, 6.07) is 3.77. The first-order valence-electron chi connectivity index (χ1n) is 6.05. The molecule has 0 spiro atoms. The number of hydrogen-bond acceptors (Lipinski definition) is 4. The molecule has 102 valence electrons. The first-order valence-corrected chi connectivity index (χ1v) is 6.05. The lowest BCUT2D eigenvalue weighted by Gasteiger charge is -2.25. The van der Waals surface area contributed by atoms with Crippen LogP contribution in [0.25, 0.3) is 0 Å². The van der Waals surface area contributed by atoms with Crippen molar-refractivity contribution in [3.8, 4) is 11.5 Å². The zero-order valence-electron chi connectivity index (χ0n) is 11.9. The summed E-state index contributed by atoms with van der Waals surface area (Å²) in [5.74, 6) is 1.42. The van der Waals surface area contributed by atoms with Crippen LogP contribution in [0.1, 0.15) is 37.4 Å². The Bertz CT molecular complexity index is 411. The van der Waals surface area contributed by atoms with Crippen LogP contribution in [-0.4, -0.2) is 19.8 Å². The number of rotatable bonds is 5. The number of aryl methyl sites for hydroxylation is 1. The van der Waals surface area contributed by atoms with Crippen molar-refractivity contribution in [2.75, 3.05) is 14.2 Å². The highest BCUT2D eigenvalue weighted by Crippen LogP contribution is 2.34. The average molecular weight is 252 g/mol. The monoisotopic (exact) mass is 252 g/mol. The summed E-state index contributed by atoms with van der Waals surface area (Å²) in [7, 11) is 3.25. The van der Waals surface area contributed by atoms with E-state index in [1.54, 1.807) is 14.2 Å². The van der Waals surface area contributed by atoms with Crippen LogP contribution >= 0.6 is 0 Å². The van der Waals surface area contributed by atoms with Gasteiger partial charge in [-0.1, -0.05) is 0 Å². The number of benzene rings is 1. The normalized spacial score (nSPS) is 13.3. The lowest BCUT2D eigenvalue weighted by Crippen LogP contribution is -2.36. The van der Waals surface area contributed by atoms with Crippen LogP contribution in [0, 0.1) is 6.92 Å². The summed E-state index contributed by atoms with van der Waals surface area (Å²) in [5.41, 5.74) is 14.1. The molecule has 0 saturated heterocycles. The number of hydrogen-bond donors (Lipinski definition) is 2. The third-order valence-electron chi connectivity index (χ3n) is 2.92. The van der Waals surface area contributed by atoms with E-state index in [0.717, 1.165) is 16.9 Å². The molecule has 1 unspecified atom stereocenters. The molecule has 4 N–H and O–H groups in total. The topological polar surface area (TPSA) is 70.5 Å². The first-order chi connectivity index (χ1) is 8.28. The van der Waals surface area contributed by atoms with Gasteiger partial charge in [-0.3, -0.25) is 0 Å². The second-order valence-electron chi connectivity index (χ2n) is 5.36. The summed E-state index contributed by atoms with van der Waals surface area (Å²) < 4.78 is 10.6. The van der Waals surface area contributed by atoms with Gasteiger partial charge in [0.15, 0.2) is 11.5 Å². The minimum absolute atomic E-state index is 0.107. The van der Waals surface area contributed by atoms with Crippen LogP contribution in [-0.2, 0) is 0 Å². The fourth-order valence-electron chi connectivity index (χ4n) is 2.07. The molecule has 0 saturated carbocycles. The molecule has 0 amide bonds. The molecule has 0 aromatic heterocycles. The quantitative estimate of drug-likeness (QED) is 0.842. The lowest BCUT2D eigenvalue weighted by atomic mass is 9.90. The van der Waals surface area contributed by atoms with Crippen molar-refractivity contribution in [1.82, 2.24) is 0 Å². The zero-order chi connectivity index (χ0) is 13.9. The molecule has 0 radical (unpaired) electrons. The van der Waals surface area contributed by atoms with E-state index in [2.05, 4.69) is 0 Å². The molecule has 4 nitrogen and oxygen atoms in total. The maximum atomic E-state index is 6.22. The van der Waals surface area contributed by atoms with Gasteiger partial charge in [-0.25, -0.2) is 0 Å².